The molecule has 0 aliphatic rings. The van der Waals surface area contributed by atoms with Crippen LogP contribution in [0.15, 0.2) is 12.1 Å². The molecule has 1 aromatic carbocycles. The van der Waals surface area contributed by atoms with Gasteiger partial charge in [0.25, 0.3) is 0 Å². The van der Waals surface area contributed by atoms with Crippen LogP contribution >= 0.6 is 11.6 Å². The number of aromatic nitrogens is 2. The Morgan fingerprint density at radius 3 is 2.56 bits per heavy atom. The Morgan fingerprint density at radius 2 is 2.00 bits per heavy atom. The van der Waals surface area contributed by atoms with Gasteiger partial charge in [0.1, 0.15) is 11.3 Å². The fraction of sp³-hybridized carbons (Fsp3) is 0.462. The maximum absolute atomic E-state index is 14.0. The standard InChI is InChI=1S/C13H15ClF2N2/c1-4-7(2)18-12-10(17-13(18)8(3)14)6-5-9(15)11(12)16/h5-8H,4H2,1-3H3. The lowest BCUT2D eigenvalue weighted by Crippen LogP contribution is -2.10. The molecular weight excluding hydrogens is 258 g/mol. The summed E-state index contributed by atoms with van der Waals surface area (Å²) in [5, 5.41) is -0.353. The van der Waals surface area contributed by atoms with Gasteiger partial charge < -0.3 is 4.57 Å². The molecule has 0 saturated heterocycles. The smallest absolute Gasteiger partial charge is 0.184 e. The van der Waals surface area contributed by atoms with Gasteiger partial charge in [-0.3, -0.25) is 0 Å². The van der Waals surface area contributed by atoms with Crippen LogP contribution in [0.4, 0.5) is 8.78 Å². The number of benzene rings is 1. The first-order valence-corrected chi connectivity index (χ1v) is 6.40. The van der Waals surface area contributed by atoms with Crippen molar-refractivity contribution in [2.75, 3.05) is 0 Å². The molecule has 2 unspecified atom stereocenters. The molecule has 0 aliphatic carbocycles. The molecular formula is C13H15ClF2N2. The monoisotopic (exact) mass is 272 g/mol. The summed E-state index contributed by atoms with van der Waals surface area (Å²) in [6.45, 7) is 5.69. The number of fused-ring (bicyclic) bond motifs is 1. The molecule has 18 heavy (non-hydrogen) atoms. The van der Waals surface area contributed by atoms with Crippen molar-refractivity contribution in [3.63, 3.8) is 0 Å². The first-order chi connectivity index (χ1) is 8.47. The Bertz CT molecular complexity index is 578. The minimum absolute atomic E-state index is 0.0162. The highest BCUT2D eigenvalue weighted by molar-refractivity contribution is 6.20. The number of alkyl halides is 1. The molecule has 98 valence electrons. The van der Waals surface area contributed by atoms with Crippen molar-refractivity contribution in [2.45, 2.75) is 38.6 Å². The molecule has 0 amide bonds. The first-order valence-electron chi connectivity index (χ1n) is 5.97. The molecule has 2 atom stereocenters. The second-order valence-electron chi connectivity index (χ2n) is 4.44. The molecule has 2 aromatic rings. The zero-order valence-corrected chi connectivity index (χ0v) is 11.3. The topological polar surface area (TPSA) is 17.8 Å². The van der Waals surface area contributed by atoms with Gasteiger partial charge in [0.15, 0.2) is 11.6 Å². The van der Waals surface area contributed by atoms with E-state index in [1.54, 1.807) is 11.5 Å². The van der Waals surface area contributed by atoms with Crippen molar-refractivity contribution < 1.29 is 8.78 Å². The van der Waals surface area contributed by atoms with Gasteiger partial charge in [-0.1, -0.05) is 6.92 Å². The Balaban J connectivity index is 2.83. The minimum atomic E-state index is -0.860. The lowest BCUT2D eigenvalue weighted by molar-refractivity contribution is 0.488. The highest BCUT2D eigenvalue weighted by Crippen LogP contribution is 2.31. The van der Waals surface area contributed by atoms with Gasteiger partial charge in [-0.2, -0.15) is 0 Å². The van der Waals surface area contributed by atoms with Crippen LogP contribution in [0.1, 0.15) is 44.4 Å². The second kappa shape index (κ2) is 4.84. The number of rotatable bonds is 3. The number of nitrogens with zero attached hydrogens (tertiary/aromatic N) is 2. The summed E-state index contributed by atoms with van der Waals surface area (Å²) in [6, 6.07) is 2.59. The van der Waals surface area contributed by atoms with E-state index in [0.717, 1.165) is 12.5 Å². The summed E-state index contributed by atoms with van der Waals surface area (Å²) in [5.41, 5.74) is 0.642. The Kier molecular flexibility index (Phi) is 3.57. The van der Waals surface area contributed by atoms with Crippen molar-refractivity contribution in [2.24, 2.45) is 0 Å². The Hall–Kier alpha value is -1.16. The summed E-state index contributed by atoms with van der Waals surface area (Å²) in [7, 11) is 0. The lowest BCUT2D eigenvalue weighted by atomic mass is 10.2. The van der Waals surface area contributed by atoms with Crippen molar-refractivity contribution >= 4 is 22.6 Å². The van der Waals surface area contributed by atoms with Crippen LogP contribution in [-0.4, -0.2) is 9.55 Å². The maximum atomic E-state index is 14.0. The molecule has 5 heteroatoms. The summed E-state index contributed by atoms with van der Waals surface area (Å²) in [4.78, 5) is 4.31. The quantitative estimate of drug-likeness (QED) is 0.748. The summed E-state index contributed by atoms with van der Waals surface area (Å²) >= 11 is 6.07. The molecule has 0 bridgehead atoms. The molecule has 1 heterocycles. The van der Waals surface area contributed by atoms with Crippen LogP contribution in [0.3, 0.4) is 0 Å². The third-order valence-electron chi connectivity index (χ3n) is 3.16. The Morgan fingerprint density at radius 1 is 1.33 bits per heavy atom. The van der Waals surface area contributed by atoms with E-state index in [2.05, 4.69) is 4.98 Å². The van der Waals surface area contributed by atoms with Crippen LogP contribution in [-0.2, 0) is 0 Å². The number of halogens is 3. The lowest BCUT2D eigenvalue weighted by Gasteiger charge is -2.17. The number of imidazole rings is 1. The molecule has 0 N–H and O–H groups in total. The van der Waals surface area contributed by atoms with E-state index in [1.807, 2.05) is 13.8 Å². The van der Waals surface area contributed by atoms with Crippen molar-refractivity contribution in [1.29, 1.82) is 0 Å². The Labute approximate surface area is 110 Å². The first kappa shape index (κ1) is 13.3. The highest BCUT2D eigenvalue weighted by atomic mass is 35.5. The third kappa shape index (κ3) is 1.99. The summed E-state index contributed by atoms with van der Waals surface area (Å²) in [6.07, 6.45) is 0.790. The van der Waals surface area contributed by atoms with Crippen molar-refractivity contribution in [3.8, 4) is 0 Å². The summed E-state index contributed by atoms with van der Waals surface area (Å²) < 4.78 is 29.0. The van der Waals surface area contributed by atoms with Crippen LogP contribution < -0.4 is 0 Å². The molecule has 1 aromatic heterocycles. The summed E-state index contributed by atoms with van der Waals surface area (Å²) in [5.74, 6) is -1.14. The SMILES string of the molecule is CCC(C)n1c(C(C)Cl)nc2ccc(F)c(F)c21. The van der Waals surface area contributed by atoms with E-state index in [1.165, 1.54) is 6.07 Å². The zero-order chi connectivity index (χ0) is 13.4. The predicted octanol–water partition coefficient (Wildman–Crippen LogP) is 4.59. The second-order valence-corrected chi connectivity index (χ2v) is 5.10. The van der Waals surface area contributed by atoms with E-state index < -0.39 is 11.6 Å². The van der Waals surface area contributed by atoms with E-state index in [-0.39, 0.29) is 16.9 Å². The van der Waals surface area contributed by atoms with Crippen LogP contribution in [0.2, 0.25) is 0 Å². The van der Waals surface area contributed by atoms with Gasteiger partial charge in [0.2, 0.25) is 0 Å². The molecule has 0 radical (unpaired) electrons. The van der Waals surface area contributed by atoms with Crippen LogP contribution in [0, 0.1) is 11.6 Å². The van der Waals surface area contributed by atoms with Crippen LogP contribution in [0.25, 0.3) is 11.0 Å². The average Bonchev–Trinajstić information content (AvgIpc) is 2.73. The highest BCUT2D eigenvalue weighted by Gasteiger charge is 2.22. The van der Waals surface area contributed by atoms with E-state index in [4.69, 9.17) is 11.6 Å². The minimum Gasteiger partial charge on any atom is -0.321 e. The van der Waals surface area contributed by atoms with Gasteiger partial charge in [0.05, 0.1) is 10.9 Å². The van der Waals surface area contributed by atoms with Gasteiger partial charge in [-0.05, 0) is 32.4 Å². The average molecular weight is 273 g/mol. The molecule has 2 nitrogen and oxygen atoms in total. The van der Waals surface area contributed by atoms with Gasteiger partial charge in [0, 0.05) is 6.04 Å². The fourth-order valence-corrected chi connectivity index (χ4v) is 2.20. The van der Waals surface area contributed by atoms with Gasteiger partial charge in [-0.15, -0.1) is 11.6 Å². The third-order valence-corrected chi connectivity index (χ3v) is 3.35. The molecule has 0 fully saturated rings. The largest absolute Gasteiger partial charge is 0.321 e. The van der Waals surface area contributed by atoms with Crippen molar-refractivity contribution in [1.82, 2.24) is 9.55 Å². The molecule has 0 saturated carbocycles. The molecule has 0 spiro atoms. The number of hydrogen-bond acceptors (Lipinski definition) is 1. The maximum Gasteiger partial charge on any atom is 0.184 e. The molecule has 0 aliphatic heterocycles. The van der Waals surface area contributed by atoms with Gasteiger partial charge in [-0.25, -0.2) is 13.8 Å². The zero-order valence-electron chi connectivity index (χ0n) is 10.5. The van der Waals surface area contributed by atoms with E-state index >= 15 is 0 Å². The predicted molar refractivity (Wildman–Crippen MR) is 68.9 cm³/mol. The normalized spacial score (nSPS) is 15.0. The van der Waals surface area contributed by atoms with Crippen molar-refractivity contribution in [3.05, 3.63) is 29.6 Å². The number of hydrogen-bond donors (Lipinski definition) is 0. The van der Waals surface area contributed by atoms with Gasteiger partial charge >= 0.3 is 0 Å². The fourth-order valence-electron chi connectivity index (χ4n) is 2.05. The molecule has 2 rings (SSSR count). The van der Waals surface area contributed by atoms with Crippen LogP contribution in [0.5, 0.6) is 0 Å². The van der Waals surface area contributed by atoms with E-state index in [9.17, 15) is 8.78 Å². The van der Waals surface area contributed by atoms with E-state index in [0.29, 0.717) is 11.3 Å².